The Morgan fingerprint density at radius 3 is 2.55 bits per heavy atom. The predicted octanol–water partition coefficient (Wildman–Crippen LogP) is 5.84. The van der Waals surface area contributed by atoms with Gasteiger partial charge in [0.2, 0.25) is 0 Å². The monoisotopic (exact) mass is 420 g/mol. The van der Waals surface area contributed by atoms with E-state index in [1.807, 2.05) is 44.2 Å². The lowest BCUT2D eigenvalue weighted by atomic mass is 10.0. The number of esters is 1. The number of nitrogens with one attached hydrogen (secondary N) is 1. The van der Waals surface area contributed by atoms with Gasteiger partial charge in [-0.2, -0.15) is 0 Å². The highest BCUT2D eigenvalue weighted by molar-refractivity contribution is 6.09. The number of aromatic nitrogens is 1. The van der Waals surface area contributed by atoms with Gasteiger partial charge in [-0.3, -0.25) is 14.6 Å². The van der Waals surface area contributed by atoms with Crippen LogP contribution in [0.15, 0.2) is 42.6 Å². The van der Waals surface area contributed by atoms with Crippen molar-refractivity contribution in [2.45, 2.75) is 40.5 Å². The number of hydrogen-bond acceptors (Lipinski definition) is 6. The molecule has 0 radical (unpaired) electrons. The van der Waals surface area contributed by atoms with Gasteiger partial charge in [0.25, 0.3) is 0 Å². The van der Waals surface area contributed by atoms with Crippen LogP contribution in [0.4, 0.5) is 11.4 Å². The van der Waals surface area contributed by atoms with Gasteiger partial charge in [0.05, 0.1) is 24.3 Å². The summed E-state index contributed by atoms with van der Waals surface area (Å²) in [5, 5.41) is 4.19. The quantitative estimate of drug-likeness (QED) is 0.280. The minimum Gasteiger partial charge on any atom is -0.494 e. The molecular weight excluding hydrogens is 392 g/mol. The molecule has 0 saturated heterocycles. The van der Waals surface area contributed by atoms with Crippen molar-refractivity contribution < 1.29 is 19.1 Å². The van der Waals surface area contributed by atoms with Crippen LogP contribution in [-0.2, 0) is 4.79 Å². The number of pyridine rings is 1. The molecule has 0 amide bonds. The van der Waals surface area contributed by atoms with E-state index in [1.54, 1.807) is 33.2 Å². The molecule has 0 unspecified atom stereocenters. The molecule has 0 aliphatic rings. The van der Waals surface area contributed by atoms with Gasteiger partial charge in [0.15, 0.2) is 5.78 Å². The Hall–Kier alpha value is -3.41. The number of hydrogen-bond donors (Lipinski definition) is 1. The van der Waals surface area contributed by atoms with Crippen molar-refractivity contribution in [2.75, 3.05) is 12.4 Å². The van der Waals surface area contributed by atoms with E-state index < -0.39 is 0 Å². The highest BCUT2D eigenvalue weighted by Crippen LogP contribution is 2.35. The van der Waals surface area contributed by atoms with E-state index in [0.717, 1.165) is 23.1 Å². The number of Topliss-reactive ketones (excluding diaryl/α,β-unsaturated/α-hetero) is 1. The number of nitrogens with zero attached hydrogens (tertiary/aromatic N) is 1. The zero-order valence-corrected chi connectivity index (χ0v) is 18.6. The number of methoxy groups -OCH3 is 1. The molecule has 0 saturated carbocycles. The molecular formula is C25H28N2O4. The van der Waals surface area contributed by atoms with Crippen molar-refractivity contribution in [2.24, 2.45) is 5.92 Å². The smallest absolute Gasteiger partial charge is 0.313 e. The van der Waals surface area contributed by atoms with Gasteiger partial charge >= 0.3 is 5.97 Å². The van der Waals surface area contributed by atoms with E-state index >= 15 is 0 Å². The molecule has 0 bridgehead atoms. The number of carbonyl (C=O) groups excluding carboxylic acids is 2. The van der Waals surface area contributed by atoms with E-state index in [9.17, 15) is 9.59 Å². The maximum Gasteiger partial charge on any atom is 0.313 e. The zero-order chi connectivity index (χ0) is 22.5. The van der Waals surface area contributed by atoms with Gasteiger partial charge in [-0.15, -0.1) is 0 Å². The summed E-state index contributed by atoms with van der Waals surface area (Å²) >= 11 is 0. The molecule has 3 aromatic rings. The summed E-state index contributed by atoms with van der Waals surface area (Å²) in [6.07, 6.45) is 2.80. The summed E-state index contributed by atoms with van der Waals surface area (Å²) in [4.78, 5) is 29.2. The maximum atomic E-state index is 12.8. The van der Waals surface area contributed by atoms with Crippen molar-refractivity contribution in [1.29, 1.82) is 0 Å². The number of para-hydroxylation sites is 1. The Morgan fingerprint density at radius 2 is 1.90 bits per heavy atom. The lowest BCUT2D eigenvalue weighted by molar-refractivity contribution is -0.137. The van der Waals surface area contributed by atoms with Crippen LogP contribution in [0.1, 0.15) is 49.5 Å². The lowest BCUT2D eigenvalue weighted by Crippen LogP contribution is -2.15. The first-order chi connectivity index (χ1) is 14.8. The normalized spacial score (nSPS) is 10.9. The van der Waals surface area contributed by atoms with Gasteiger partial charge in [0.1, 0.15) is 17.0 Å². The Balaban J connectivity index is 2.05. The fourth-order valence-corrected chi connectivity index (χ4v) is 3.28. The third-order valence-electron chi connectivity index (χ3n) is 4.98. The predicted molar refractivity (Wildman–Crippen MR) is 122 cm³/mol. The van der Waals surface area contributed by atoms with Crippen molar-refractivity contribution in [3.05, 3.63) is 53.7 Å². The van der Waals surface area contributed by atoms with Crippen molar-refractivity contribution >= 4 is 34.0 Å². The SMILES string of the molecule is CCCC(=O)c1cnc2c(OC)cccc2c1Nc1ccc(OC(=O)C(C)C)c(C)c1. The van der Waals surface area contributed by atoms with Crippen LogP contribution in [0, 0.1) is 12.8 Å². The molecule has 0 spiro atoms. The molecule has 162 valence electrons. The zero-order valence-electron chi connectivity index (χ0n) is 18.6. The standard InChI is InChI=1S/C25H28N2O4/c1-6-8-20(28)19-14-26-24-18(9-7-10-22(24)30-5)23(19)27-17-11-12-21(16(4)13-17)31-25(29)15(2)3/h7,9-15H,6,8H2,1-5H3,(H,26,27). The Labute approximate surface area is 182 Å². The first kappa shape index (κ1) is 22.3. The van der Waals surface area contributed by atoms with E-state index in [-0.39, 0.29) is 17.7 Å². The van der Waals surface area contributed by atoms with Crippen molar-refractivity contribution in [3.8, 4) is 11.5 Å². The Morgan fingerprint density at radius 1 is 1.13 bits per heavy atom. The summed E-state index contributed by atoms with van der Waals surface area (Å²) in [5.74, 6) is 0.711. The Kier molecular flexibility index (Phi) is 6.90. The largest absolute Gasteiger partial charge is 0.494 e. The molecule has 0 aliphatic carbocycles. The van der Waals surface area contributed by atoms with E-state index in [0.29, 0.717) is 34.7 Å². The Bertz CT molecular complexity index is 1120. The first-order valence-electron chi connectivity index (χ1n) is 10.4. The highest BCUT2D eigenvalue weighted by Gasteiger charge is 2.18. The van der Waals surface area contributed by atoms with Crippen LogP contribution < -0.4 is 14.8 Å². The molecule has 3 rings (SSSR count). The molecule has 1 N–H and O–H groups in total. The summed E-state index contributed by atoms with van der Waals surface area (Å²) in [6.45, 7) is 7.45. The van der Waals surface area contributed by atoms with Crippen LogP contribution >= 0.6 is 0 Å². The molecule has 1 heterocycles. The molecule has 2 aromatic carbocycles. The molecule has 6 heteroatoms. The minimum atomic E-state index is -0.275. The molecule has 1 aromatic heterocycles. The molecule has 0 fully saturated rings. The first-order valence-corrected chi connectivity index (χ1v) is 10.4. The number of aryl methyl sites for hydroxylation is 1. The van der Waals surface area contributed by atoms with Gasteiger partial charge < -0.3 is 14.8 Å². The fraction of sp³-hybridized carbons (Fsp3) is 0.320. The minimum absolute atomic E-state index is 0.0291. The van der Waals surface area contributed by atoms with Crippen molar-refractivity contribution in [3.63, 3.8) is 0 Å². The number of ketones is 1. The van der Waals surface area contributed by atoms with Crippen LogP contribution in [0.2, 0.25) is 0 Å². The number of anilines is 2. The van der Waals surface area contributed by atoms with Crippen molar-refractivity contribution in [1.82, 2.24) is 4.98 Å². The summed E-state index contributed by atoms with van der Waals surface area (Å²) in [5.41, 5.74) is 3.50. The van der Waals surface area contributed by atoms with Crippen LogP contribution in [0.5, 0.6) is 11.5 Å². The van der Waals surface area contributed by atoms with E-state index in [4.69, 9.17) is 9.47 Å². The van der Waals surface area contributed by atoms with Crippen LogP contribution in [-0.4, -0.2) is 23.8 Å². The highest BCUT2D eigenvalue weighted by atomic mass is 16.5. The van der Waals surface area contributed by atoms with Gasteiger partial charge in [-0.1, -0.05) is 32.9 Å². The van der Waals surface area contributed by atoms with Gasteiger partial charge in [-0.05, 0) is 43.2 Å². The second-order valence-corrected chi connectivity index (χ2v) is 7.76. The number of ether oxygens (including phenoxy) is 2. The maximum absolute atomic E-state index is 12.8. The number of rotatable bonds is 8. The fourth-order valence-electron chi connectivity index (χ4n) is 3.28. The summed E-state index contributed by atoms with van der Waals surface area (Å²) < 4.78 is 10.9. The topological polar surface area (TPSA) is 77.5 Å². The van der Waals surface area contributed by atoms with E-state index in [2.05, 4.69) is 10.3 Å². The van der Waals surface area contributed by atoms with Crippen LogP contribution in [0.3, 0.4) is 0 Å². The number of benzene rings is 2. The molecule has 6 nitrogen and oxygen atoms in total. The third-order valence-corrected chi connectivity index (χ3v) is 4.98. The summed E-state index contributed by atoms with van der Waals surface area (Å²) in [7, 11) is 1.60. The molecule has 31 heavy (non-hydrogen) atoms. The van der Waals surface area contributed by atoms with Gasteiger partial charge in [0, 0.05) is 23.7 Å². The number of fused-ring (bicyclic) bond motifs is 1. The number of carbonyl (C=O) groups is 2. The third kappa shape index (κ3) is 4.85. The average molecular weight is 421 g/mol. The van der Waals surface area contributed by atoms with Gasteiger partial charge in [-0.25, -0.2) is 0 Å². The van der Waals surface area contributed by atoms with Crippen LogP contribution in [0.25, 0.3) is 10.9 Å². The second-order valence-electron chi connectivity index (χ2n) is 7.76. The molecule has 0 atom stereocenters. The average Bonchev–Trinajstić information content (AvgIpc) is 2.75. The van der Waals surface area contributed by atoms with E-state index in [1.165, 1.54) is 0 Å². The lowest BCUT2D eigenvalue weighted by Gasteiger charge is -2.16. The second kappa shape index (κ2) is 9.60. The molecule has 0 aliphatic heterocycles. The summed E-state index contributed by atoms with van der Waals surface area (Å²) in [6, 6.07) is 11.1.